The van der Waals surface area contributed by atoms with E-state index in [0.29, 0.717) is 5.17 Å². The summed E-state index contributed by atoms with van der Waals surface area (Å²) >= 11 is 1.28. The first-order valence-corrected chi connectivity index (χ1v) is 6.49. The lowest BCUT2D eigenvalue weighted by atomic mass is 9.96. The molecule has 0 saturated carbocycles. The highest BCUT2D eigenvalue weighted by Gasteiger charge is 2.48. The number of aliphatic hydroxyl groups is 2. The minimum atomic E-state index is -2.57. The molecule has 2 aliphatic heterocycles. The van der Waals surface area contributed by atoms with Gasteiger partial charge < -0.3 is 19.8 Å². The van der Waals surface area contributed by atoms with Crippen LogP contribution in [0.25, 0.3) is 0 Å². The van der Waals surface area contributed by atoms with Crippen molar-refractivity contribution in [1.29, 1.82) is 0 Å². The van der Waals surface area contributed by atoms with Crippen molar-refractivity contribution in [2.24, 2.45) is 4.99 Å². The normalized spacial score (nSPS) is 39.7. The predicted octanol–water partition coefficient (Wildman–Crippen LogP) is 0.121. The summed E-state index contributed by atoms with van der Waals surface area (Å²) in [6, 6.07) is -0.601. The van der Waals surface area contributed by atoms with Gasteiger partial charge in [0.1, 0.15) is 23.7 Å². The number of aliphatic imine (C=N–C) groups is 1. The van der Waals surface area contributed by atoms with Crippen LogP contribution in [0.4, 0.5) is 8.78 Å². The molecule has 0 bridgehead atoms. The third-order valence-electron chi connectivity index (χ3n) is 2.94. The molecule has 18 heavy (non-hydrogen) atoms. The molecule has 0 aliphatic carbocycles. The lowest BCUT2D eigenvalue weighted by molar-refractivity contribution is -0.163. The number of alkyl halides is 2. The maximum atomic E-state index is 12.4. The van der Waals surface area contributed by atoms with E-state index in [4.69, 9.17) is 4.74 Å². The Morgan fingerprint density at radius 3 is 2.61 bits per heavy atom. The van der Waals surface area contributed by atoms with E-state index in [0.717, 1.165) is 0 Å². The molecule has 1 fully saturated rings. The van der Waals surface area contributed by atoms with Crippen molar-refractivity contribution >= 4 is 16.9 Å². The summed E-state index contributed by atoms with van der Waals surface area (Å²) in [4.78, 5) is 6.00. The molecule has 2 rings (SSSR count). The molecule has 0 aromatic rings. The number of amidine groups is 1. The fraction of sp³-hybridized carbons (Fsp3) is 0.900. The second kappa shape index (κ2) is 5.28. The van der Waals surface area contributed by atoms with Crippen LogP contribution in [0, 0.1) is 0 Å². The average molecular weight is 282 g/mol. The molecule has 0 spiro atoms. The average Bonchev–Trinajstić information content (AvgIpc) is 2.69. The smallest absolute Gasteiger partial charge is 0.241 e. The van der Waals surface area contributed by atoms with Crippen molar-refractivity contribution in [2.75, 3.05) is 14.1 Å². The van der Waals surface area contributed by atoms with Crippen LogP contribution in [0.3, 0.4) is 0 Å². The number of nitrogens with zero attached hydrogens (tertiary/aromatic N) is 2. The van der Waals surface area contributed by atoms with Crippen LogP contribution in [-0.2, 0) is 4.74 Å². The maximum Gasteiger partial charge on any atom is 0.241 e. The van der Waals surface area contributed by atoms with Crippen molar-refractivity contribution in [1.82, 2.24) is 4.90 Å². The van der Waals surface area contributed by atoms with Gasteiger partial charge in [-0.25, -0.2) is 8.78 Å². The molecular weight excluding hydrogens is 266 g/mol. The second-order valence-corrected chi connectivity index (χ2v) is 5.63. The van der Waals surface area contributed by atoms with Gasteiger partial charge in [0.05, 0.1) is 6.10 Å². The van der Waals surface area contributed by atoms with Crippen LogP contribution in [0.1, 0.15) is 6.42 Å². The summed E-state index contributed by atoms with van der Waals surface area (Å²) in [6.07, 6.45) is -6.71. The Kier molecular flexibility index (Phi) is 4.10. The summed E-state index contributed by atoms with van der Waals surface area (Å²) in [7, 11) is 3.59. The number of hydrogen-bond donors (Lipinski definition) is 2. The number of thioether (sulfide) groups is 1. The van der Waals surface area contributed by atoms with Crippen molar-refractivity contribution in [3.05, 3.63) is 0 Å². The van der Waals surface area contributed by atoms with E-state index < -0.39 is 42.6 Å². The number of ether oxygens (including phenoxy) is 1. The largest absolute Gasteiger partial charge is 0.388 e. The van der Waals surface area contributed by atoms with Gasteiger partial charge in [-0.3, -0.25) is 4.99 Å². The molecule has 0 aromatic heterocycles. The first-order chi connectivity index (χ1) is 8.40. The molecule has 1 saturated heterocycles. The van der Waals surface area contributed by atoms with E-state index in [-0.39, 0.29) is 0 Å². The molecular formula is C10H16F2N2O3S. The maximum absolute atomic E-state index is 12.4. The van der Waals surface area contributed by atoms with Gasteiger partial charge in [0.25, 0.3) is 0 Å². The summed E-state index contributed by atoms with van der Waals surface area (Å²) in [6.45, 7) is 0. The minimum Gasteiger partial charge on any atom is -0.388 e. The quantitative estimate of drug-likeness (QED) is 0.753. The molecule has 5 nitrogen and oxygen atoms in total. The van der Waals surface area contributed by atoms with Gasteiger partial charge in [0, 0.05) is 20.5 Å². The zero-order chi connectivity index (χ0) is 13.4. The van der Waals surface area contributed by atoms with Crippen molar-refractivity contribution in [2.45, 2.75) is 42.6 Å². The number of fused-ring (bicyclic) bond motifs is 1. The lowest BCUT2D eigenvalue weighted by Crippen LogP contribution is -2.55. The summed E-state index contributed by atoms with van der Waals surface area (Å²) in [5, 5.41) is 20.3. The third kappa shape index (κ3) is 2.61. The zero-order valence-electron chi connectivity index (χ0n) is 10.0. The van der Waals surface area contributed by atoms with Gasteiger partial charge >= 0.3 is 0 Å². The van der Waals surface area contributed by atoms with E-state index in [1.165, 1.54) is 11.8 Å². The molecule has 0 unspecified atom stereocenters. The molecule has 0 radical (unpaired) electrons. The topological polar surface area (TPSA) is 65.3 Å². The van der Waals surface area contributed by atoms with Crippen molar-refractivity contribution in [3.63, 3.8) is 0 Å². The molecule has 8 heteroatoms. The van der Waals surface area contributed by atoms with Gasteiger partial charge in [-0.05, 0) is 0 Å². The van der Waals surface area contributed by atoms with Crippen molar-refractivity contribution in [3.8, 4) is 0 Å². The number of halogens is 2. The fourth-order valence-electron chi connectivity index (χ4n) is 2.00. The van der Waals surface area contributed by atoms with Crippen LogP contribution in [-0.4, -0.2) is 70.6 Å². The van der Waals surface area contributed by atoms with Gasteiger partial charge in [-0.1, -0.05) is 11.8 Å². The van der Waals surface area contributed by atoms with E-state index >= 15 is 0 Å². The highest BCUT2D eigenvalue weighted by Crippen LogP contribution is 2.38. The third-order valence-corrected chi connectivity index (χ3v) is 4.25. The highest BCUT2D eigenvalue weighted by molar-refractivity contribution is 8.14. The SMILES string of the molecule is CN(C)C1=N[C@@H]2[C@@H](O)[C@H](O)[C@@H](CC(F)F)O[C@@H]2S1. The standard InChI is InChI=1S/C10H16F2N2O3S/c1-14(2)10-13-6-8(16)7(15)4(3-5(11)12)17-9(6)18-10/h4-9,15-16H,3H2,1-2H3/t4-,6-,7-,8-,9-/m1/s1. The Morgan fingerprint density at radius 2 is 2.06 bits per heavy atom. The van der Waals surface area contributed by atoms with Gasteiger partial charge in [-0.2, -0.15) is 0 Å². The van der Waals surface area contributed by atoms with E-state index in [1.807, 2.05) is 0 Å². The molecule has 5 atom stereocenters. The lowest BCUT2D eigenvalue weighted by Gasteiger charge is -2.38. The first-order valence-electron chi connectivity index (χ1n) is 5.61. The number of aliphatic hydroxyl groups excluding tert-OH is 2. The van der Waals surface area contributed by atoms with Crippen LogP contribution in [0.2, 0.25) is 0 Å². The zero-order valence-corrected chi connectivity index (χ0v) is 10.8. The molecule has 0 aromatic carbocycles. The summed E-state index contributed by atoms with van der Waals surface area (Å²) in [5.74, 6) is 0. The van der Waals surface area contributed by atoms with Gasteiger partial charge in [0.2, 0.25) is 6.43 Å². The second-order valence-electron chi connectivity index (χ2n) is 4.57. The summed E-state index contributed by atoms with van der Waals surface area (Å²) < 4.78 is 30.1. The Hall–Kier alpha value is -0.440. The molecule has 2 heterocycles. The van der Waals surface area contributed by atoms with E-state index in [2.05, 4.69) is 4.99 Å². The highest BCUT2D eigenvalue weighted by atomic mass is 32.2. The fourth-order valence-corrected chi connectivity index (χ4v) is 3.16. The first kappa shape index (κ1) is 14.0. The minimum absolute atomic E-state index is 0.510. The van der Waals surface area contributed by atoms with E-state index in [1.54, 1.807) is 19.0 Å². The number of hydrogen-bond acceptors (Lipinski definition) is 6. The Labute approximate surface area is 108 Å². The molecule has 104 valence electrons. The van der Waals surface area contributed by atoms with Crippen LogP contribution in [0.5, 0.6) is 0 Å². The van der Waals surface area contributed by atoms with Gasteiger partial charge in [0.15, 0.2) is 5.17 Å². The Balaban J connectivity index is 2.09. The monoisotopic (exact) mass is 282 g/mol. The molecule has 2 aliphatic rings. The Morgan fingerprint density at radius 1 is 1.39 bits per heavy atom. The molecule has 0 amide bonds. The summed E-state index contributed by atoms with van der Waals surface area (Å²) in [5.41, 5.74) is -0.510. The van der Waals surface area contributed by atoms with Crippen molar-refractivity contribution < 1.29 is 23.7 Å². The number of rotatable bonds is 2. The van der Waals surface area contributed by atoms with Crippen LogP contribution < -0.4 is 0 Å². The van der Waals surface area contributed by atoms with Gasteiger partial charge in [-0.15, -0.1) is 0 Å². The molecule has 2 N–H and O–H groups in total. The van der Waals surface area contributed by atoms with E-state index in [9.17, 15) is 19.0 Å². The predicted molar refractivity (Wildman–Crippen MR) is 63.8 cm³/mol. The Bertz CT molecular complexity index is 343. The van der Waals surface area contributed by atoms with Crippen LogP contribution >= 0.6 is 11.8 Å². The van der Waals surface area contributed by atoms with Crippen LogP contribution in [0.15, 0.2) is 4.99 Å².